The number of rotatable bonds is 6. The van der Waals surface area contributed by atoms with Crippen molar-refractivity contribution >= 4 is 23.9 Å². The van der Waals surface area contributed by atoms with E-state index in [1.807, 2.05) is 18.2 Å². The predicted octanol–water partition coefficient (Wildman–Crippen LogP) is 4.18. The van der Waals surface area contributed by atoms with Crippen molar-refractivity contribution in [3.05, 3.63) is 71.7 Å². The van der Waals surface area contributed by atoms with Crippen molar-refractivity contribution in [1.29, 1.82) is 0 Å². The number of fused-ring (bicyclic) bond motifs is 1. The maximum absolute atomic E-state index is 11.8. The first-order valence-electron chi connectivity index (χ1n) is 11.2. The molecule has 0 bridgehead atoms. The number of piperidine rings is 1. The second-order valence-electron chi connectivity index (χ2n) is 8.38. The van der Waals surface area contributed by atoms with Crippen LogP contribution < -0.4 is 20.7 Å². The van der Waals surface area contributed by atoms with E-state index in [4.69, 9.17) is 9.72 Å². The Bertz CT molecular complexity index is 1170. The lowest BCUT2D eigenvalue weighted by Gasteiger charge is -2.24. The van der Waals surface area contributed by atoms with E-state index >= 15 is 0 Å². The number of hydrogen-bond acceptors (Lipinski definition) is 7. The van der Waals surface area contributed by atoms with Crippen molar-refractivity contribution in [3.63, 3.8) is 0 Å². The Labute approximate surface area is 193 Å². The maximum atomic E-state index is 11.8. The highest BCUT2D eigenvalue weighted by atomic mass is 16.5. The molecule has 4 heterocycles. The van der Waals surface area contributed by atoms with Gasteiger partial charge in [-0.1, -0.05) is 12.1 Å². The van der Waals surface area contributed by atoms with Crippen LogP contribution in [0.15, 0.2) is 55.0 Å². The quantitative estimate of drug-likeness (QED) is 0.495. The summed E-state index contributed by atoms with van der Waals surface area (Å²) in [5.74, 6) is 1.86. The molecule has 2 aliphatic rings. The van der Waals surface area contributed by atoms with E-state index in [2.05, 4.69) is 45.2 Å². The lowest BCUT2D eigenvalue weighted by atomic mass is 9.91. The molecule has 7 heteroatoms. The van der Waals surface area contributed by atoms with Crippen molar-refractivity contribution in [3.8, 4) is 17.0 Å². The molecule has 0 saturated carbocycles. The van der Waals surface area contributed by atoms with E-state index in [9.17, 15) is 4.79 Å². The van der Waals surface area contributed by atoms with Gasteiger partial charge >= 0.3 is 0 Å². The summed E-state index contributed by atoms with van der Waals surface area (Å²) in [7, 11) is 1.62. The smallest absolute Gasteiger partial charge is 0.146 e. The lowest BCUT2D eigenvalue weighted by Crippen LogP contribution is -2.28. The number of carbonyl (C=O) groups is 1. The highest BCUT2D eigenvalue weighted by Crippen LogP contribution is 2.35. The molecule has 1 fully saturated rings. The molecule has 1 saturated heterocycles. The molecule has 168 valence electrons. The first-order valence-corrected chi connectivity index (χ1v) is 11.2. The van der Waals surface area contributed by atoms with E-state index in [0.29, 0.717) is 17.5 Å². The number of carbonyl (C=O) groups excluding carboxylic acids is 1. The van der Waals surface area contributed by atoms with Crippen LogP contribution in [-0.2, 0) is 4.79 Å². The molecule has 2 unspecified atom stereocenters. The highest BCUT2D eigenvalue weighted by Gasteiger charge is 2.23. The monoisotopic (exact) mass is 441 g/mol. The molecule has 3 aromatic rings. The first-order chi connectivity index (χ1) is 16.2. The molecule has 2 aromatic heterocycles. The minimum Gasteiger partial charge on any atom is -0.495 e. The molecule has 0 radical (unpaired) electrons. The van der Waals surface area contributed by atoms with E-state index < -0.39 is 6.04 Å². The highest BCUT2D eigenvalue weighted by molar-refractivity contribution is 5.80. The van der Waals surface area contributed by atoms with E-state index in [-0.39, 0.29) is 0 Å². The zero-order valence-corrected chi connectivity index (χ0v) is 18.5. The van der Waals surface area contributed by atoms with Gasteiger partial charge in [0.1, 0.15) is 23.9 Å². The van der Waals surface area contributed by atoms with E-state index in [1.165, 1.54) is 18.4 Å². The molecule has 1 aromatic carbocycles. The number of ether oxygens (including phenoxy) is 1. The molecule has 2 atom stereocenters. The number of aldehydes is 1. The number of aromatic nitrogens is 2. The first kappa shape index (κ1) is 21.2. The van der Waals surface area contributed by atoms with Crippen LogP contribution in [0, 0.1) is 0 Å². The molecule has 33 heavy (non-hydrogen) atoms. The zero-order valence-electron chi connectivity index (χ0n) is 18.5. The van der Waals surface area contributed by atoms with Gasteiger partial charge < -0.3 is 25.5 Å². The van der Waals surface area contributed by atoms with Gasteiger partial charge in [0.05, 0.1) is 19.0 Å². The van der Waals surface area contributed by atoms with Crippen LogP contribution >= 0.6 is 0 Å². The number of benzene rings is 1. The second-order valence-corrected chi connectivity index (χ2v) is 8.38. The molecule has 7 nitrogen and oxygen atoms in total. The molecular weight excluding hydrogens is 414 g/mol. The fraction of sp³-hybridized carbons (Fsp3) is 0.269. The van der Waals surface area contributed by atoms with Crippen LogP contribution in [0.25, 0.3) is 17.3 Å². The Morgan fingerprint density at radius 2 is 2.06 bits per heavy atom. The van der Waals surface area contributed by atoms with Gasteiger partial charge in [-0.3, -0.25) is 4.98 Å². The largest absolute Gasteiger partial charge is 0.495 e. The predicted molar refractivity (Wildman–Crippen MR) is 130 cm³/mol. The summed E-state index contributed by atoms with van der Waals surface area (Å²) in [5.41, 5.74) is 5.63. The van der Waals surface area contributed by atoms with Crippen LogP contribution in [0.1, 0.15) is 41.5 Å². The molecule has 5 rings (SSSR count). The third-order valence-corrected chi connectivity index (χ3v) is 6.26. The van der Waals surface area contributed by atoms with Crippen molar-refractivity contribution < 1.29 is 9.53 Å². The van der Waals surface area contributed by atoms with Gasteiger partial charge in [0, 0.05) is 29.6 Å². The van der Waals surface area contributed by atoms with Crippen LogP contribution in [0.3, 0.4) is 0 Å². The van der Waals surface area contributed by atoms with Gasteiger partial charge in [-0.2, -0.15) is 0 Å². The Morgan fingerprint density at radius 3 is 2.82 bits per heavy atom. The van der Waals surface area contributed by atoms with Gasteiger partial charge in [0.15, 0.2) is 0 Å². The third kappa shape index (κ3) is 4.45. The van der Waals surface area contributed by atoms with Crippen LogP contribution in [-0.4, -0.2) is 36.5 Å². The number of nitrogens with one attached hydrogen (secondary N) is 3. The van der Waals surface area contributed by atoms with Crippen molar-refractivity contribution in [2.75, 3.05) is 25.5 Å². The van der Waals surface area contributed by atoms with Gasteiger partial charge in [-0.25, -0.2) is 4.98 Å². The van der Waals surface area contributed by atoms with Crippen LogP contribution in [0.2, 0.25) is 0 Å². The second kappa shape index (κ2) is 9.42. The number of hydrogen-bond donors (Lipinski definition) is 3. The summed E-state index contributed by atoms with van der Waals surface area (Å²) in [6, 6.07) is 11.9. The zero-order chi connectivity index (χ0) is 22.6. The standard InChI is InChI=1S/C26H27N5O2/c1-33-22-11-20(14-28-15-22)23-12-18-8-10-29-24(16-32)25(18)26(31-23)30-21-6-4-17(5-7-21)19-3-2-9-27-13-19/h4-8,10-12,14-16,19,24,27,29H,2-3,9,13H2,1H3,(H,30,31). The average molecular weight is 442 g/mol. The van der Waals surface area contributed by atoms with Crippen molar-refractivity contribution in [2.45, 2.75) is 24.8 Å². The average Bonchev–Trinajstić information content (AvgIpc) is 2.89. The number of pyridine rings is 2. The van der Waals surface area contributed by atoms with Crippen LogP contribution in [0.5, 0.6) is 5.75 Å². The maximum Gasteiger partial charge on any atom is 0.146 e. The Kier molecular flexibility index (Phi) is 6.04. The third-order valence-electron chi connectivity index (χ3n) is 6.26. The normalized spacial score (nSPS) is 19.3. The number of nitrogens with zero attached hydrogens (tertiary/aromatic N) is 2. The molecule has 0 amide bonds. The summed E-state index contributed by atoms with van der Waals surface area (Å²) in [5, 5.41) is 10.0. The van der Waals surface area contributed by atoms with Gasteiger partial charge in [0.25, 0.3) is 0 Å². The van der Waals surface area contributed by atoms with Crippen LogP contribution in [0.4, 0.5) is 11.5 Å². The Morgan fingerprint density at radius 1 is 1.18 bits per heavy atom. The van der Waals surface area contributed by atoms with Crippen molar-refractivity contribution in [1.82, 2.24) is 20.6 Å². The van der Waals surface area contributed by atoms with E-state index in [0.717, 1.165) is 47.4 Å². The van der Waals surface area contributed by atoms with Gasteiger partial charge in [-0.15, -0.1) is 0 Å². The summed E-state index contributed by atoms with van der Waals surface area (Å²) in [6.07, 6.45) is 10.5. The van der Waals surface area contributed by atoms with Gasteiger partial charge in [0.2, 0.25) is 0 Å². The fourth-order valence-corrected chi connectivity index (χ4v) is 4.50. The molecular formula is C26H27N5O2. The molecule has 2 aliphatic heterocycles. The van der Waals surface area contributed by atoms with E-state index in [1.54, 1.807) is 25.7 Å². The summed E-state index contributed by atoms with van der Waals surface area (Å²) in [6.45, 7) is 2.13. The number of anilines is 2. The molecule has 0 spiro atoms. The topological polar surface area (TPSA) is 88.2 Å². The number of methoxy groups -OCH3 is 1. The summed E-state index contributed by atoms with van der Waals surface area (Å²) in [4.78, 5) is 21.0. The summed E-state index contributed by atoms with van der Waals surface area (Å²) >= 11 is 0. The van der Waals surface area contributed by atoms with Gasteiger partial charge in [-0.05, 0) is 73.0 Å². The minimum absolute atomic E-state index is 0.468. The molecule has 3 N–H and O–H groups in total. The van der Waals surface area contributed by atoms with Crippen molar-refractivity contribution in [2.24, 2.45) is 0 Å². The fourth-order valence-electron chi connectivity index (χ4n) is 4.50. The summed E-state index contributed by atoms with van der Waals surface area (Å²) < 4.78 is 5.33. The Hall–Kier alpha value is -3.71. The Balaban J connectivity index is 1.51. The SMILES string of the molecule is COc1cncc(-c2cc3c(c(Nc4ccc(C5CCCNC5)cc4)n2)C(C=O)NC=C3)c1. The lowest BCUT2D eigenvalue weighted by molar-refractivity contribution is -0.109. The molecule has 0 aliphatic carbocycles. The minimum atomic E-state index is -0.468.